The van der Waals surface area contributed by atoms with Crippen LogP contribution in [0.4, 0.5) is 5.00 Å². The zero-order chi connectivity index (χ0) is 24.0. The van der Waals surface area contributed by atoms with Gasteiger partial charge in [0.05, 0.1) is 17.6 Å². The quantitative estimate of drug-likeness (QED) is 0.589. The number of rotatable bonds is 7. The molecular weight excluding hydrogens is 466 g/mol. The largest absolute Gasteiger partial charge is 0.496 e. The number of carbonyl (C=O) groups excluding carboxylic acids is 2. The average molecular weight is 492 g/mol. The summed E-state index contributed by atoms with van der Waals surface area (Å²) in [6, 6.07) is 7.55. The van der Waals surface area contributed by atoms with Gasteiger partial charge in [-0.1, -0.05) is 12.8 Å². The molecule has 0 spiro atoms. The van der Waals surface area contributed by atoms with Crippen molar-refractivity contribution < 1.29 is 27.5 Å². The van der Waals surface area contributed by atoms with E-state index in [2.05, 4.69) is 5.32 Å². The monoisotopic (exact) mass is 491 g/mol. The van der Waals surface area contributed by atoms with Crippen LogP contribution in [-0.2, 0) is 19.6 Å². The van der Waals surface area contributed by atoms with Crippen molar-refractivity contribution in [2.24, 2.45) is 0 Å². The Kier molecular flexibility index (Phi) is 8.07. The molecule has 1 aromatic carbocycles. The van der Waals surface area contributed by atoms with Gasteiger partial charge in [-0.2, -0.15) is 9.57 Å². The summed E-state index contributed by atoms with van der Waals surface area (Å²) in [6.45, 7) is 2.24. The lowest BCUT2D eigenvalue weighted by Gasteiger charge is -2.21. The SMILES string of the molecule is COc1ccc(S(=O)(=O)N2CCCCCC2)cc1C(=O)OC(C)C(=O)Nc1sccc1C#N. The Morgan fingerprint density at radius 2 is 1.88 bits per heavy atom. The van der Waals surface area contributed by atoms with Gasteiger partial charge in [0.15, 0.2) is 6.10 Å². The van der Waals surface area contributed by atoms with Gasteiger partial charge in [-0.3, -0.25) is 4.79 Å². The fourth-order valence-corrected chi connectivity index (χ4v) is 5.71. The Bertz CT molecular complexity index is 1160. The van der Waals surface area contributed by atoms with Crippen LogP contribution in [-0.4, -0.2) is 50.9 Å². The van der Waals surface area contributed by atoms with E-state index in [1.54, 1.807) is 11.4 Å². The number of ether oxygens (including phenoxy) is 2. The first-order valence-electron chi connectivity index (χ1n) is 10.5. The summed E-state index contributed by atoms with van der Waals surface area (Å²) < 4.78 is 38.2. The molecule has 1 atom stereocenters. The number of benzene rings is 1. The Morgan fingerprint density at radius 3 is 2.52 bits per heavy atom. The first-order chi connectivity index (χ1) is 15.8. The van der Waals surface area contributed by atoms with Crippen molar-refractivity contribution in [3.05, 3.63) is 40.8 Å². The number of hydrogen-bond acceptors (Lipinski definition) is 8. The predicted octanol–water partition coefficient (Wildman–Crippen LogP) is 3.38. The Hall–Kier alpha value is -2.94. The molecule has 1 fully saturated rings. The van der Waals surface area contributed by atoms with Crippen molar-refractivity contribution in [2.45, 2.75) is 43.6 Å². The number of nitriles is 1. The molecule has 176 valence electrons. The third kappa shape index (κ3) is 5.71. The van der Waals surface area contributed by atoms with Gasteiger partial charge in [0.1, 0.15) is 22.4 Å². The maximum atomic E-state index is 13.1. The minimum atomic E-state index is -3.79. The highest BCUT2D eigenvalue weighted by Gasteiger charge is 2.28. The molecule has 0 radical (unpaired) electrons. The van der Waals surface area contributed by atoms with Crippen LogP contribution in [0.3, 0.4) is 0 Å². The molecular formula is C22H25N3O6S2. The van der Waals surface area contributed by atoms with E-state index < -0.39 is 28.0 Å². The first-order valence-corrected chi connectivity index (χ1v) is 12.8. The summed E-state index contributed by atoms with van der Waals surface area (Å²) >= 11 is 1.17. The highest BCUT2D eigenvalue weighted by Crippen LogP contribution is 2.27. The minimum Gasteiger partial charge on any atom is -0.496 e. The van der Waals surface area contributed by atoms with Gasteiger partial charge in [-0.25, -0.2) is 13.2 Å². The zero-order valence-corrected chi connectivity index (χ0v) is 20.0. The van der Waals surface area contributed by atoms with Crippen LogP contribution in [0, 0.1) is 11.3 Å². The highest BCUT2D eigenvalue weighted by atomic mass is 32.2. The lowest BCUT2D eigenvalue weighted by atomic mass is 10.2. The number of carbonyl (C=O) groups is 2. The van der Waals surface area contributed by atoms with Crippen molar-refractivity contribution in [1.82, 2.24) is 4.31 Å². The van der Waals surface area contributed by atoms with Crippen LogP contribution in [0.5, 0.6) is 5.75 Å². The number of esters is 1. The average Bonchev–Trinajstić information content (AvgIpc) is 3.06. The van der Waals surface area contributed by atoms with E-state index in [9.17, 15) is 18.0 Å². The summed E-state index contributed by atoms with van der Waals surface area (Å²) in [5, 5.41) is 13.6. The molecule has 0 saturated carbocycles. The molecule has 0 bridgehead atoms. The molecule has 1 aromatic heterocycles. The van der Waals surface area contributed by atoms with Crippen molar-refractivity contribution in [3.8, 4) is 11.8 Å². The normalized spacial score (nSPS) is 15.7. The highest BCUT2D eigenvalue weighted by molar-refractivity contribution is 7.89. The number of methoxy groups -OCH3 is 1. The van der Waals surface area contributed by atoms with Gasteiger partial charge in [0.25, 0.3) is 5.91 Å². The molecule has 1 aliphatic rings. The van der Waals surface area contributed by atoms with E-state index in [1.165, 1.54) is 47.9 Å². The lowest BCUT2D eigenvalue weighted by molar-refractivity contribution is -0.123. The van der Waals surface area contributed by atoms with Gasteiger partial charge in [0.2, 0.25) is 10.0 Å². The summed E-state index contributed by atoms with van der Waals surface area (Å²) in [5.41, 5.74) is 0.210. The molecule has 0 aliphatic carbocycles. The standard InChI is InChI=1S/C22H25N3O6S2/c1-15(20(26)24-21-16(14-23)9-12-32-21)31-22(27)18-13-17(7-8-19(18)30-2)33(28,29)25-10-5-3-4-6-11-25/h7-9,12-13,15H,3-6,10-11H2,1-2H3,(H,24,26). The minimum absolute atomic E-state index is 0.0356. The number of nitrogens with zero attached hydrogens (tertiary/aromatic N) is 2. The van der Waals surface area contributed by atoms with Gasteiger partial charge < -0.3 is 14.8 Å². The molecule has 1 saturated heterocycles. The lowest BCUT2D eigenvalue weighted by Crippen LogP contribution is -2.32. The molecule has 2 heterocycles. The number of thiophene rings is 1. The van der Waals surface area contributed by atoms with Crippen LogP contribution < -0.4 is 10.1 Å². The van der Waals surface area contributed by atoms with Crippen molar-refractivity contribution >= 4 is 38.2 Å². The Labute approximate surface area is 197 Å². The number of nitrogens with one attached hydrogen (secondary N) is 1. The van der Waals surface area contributed by atoms with E-state index in [0.717, 1.165) is 25.7 Å². The van der Waals surface area contributed by atoms with Gasteiger partial charge in [-0.15, -0.1) is 11.3 Å². The molecule has 11 heteroatoms. The first kappa shape index (κ1) is 24.7. The predicted molar refractivity (Wildman–Crippen MR) is 123 cm³/mol. The van der Waals surface area contributed by atoms with Crippen LogP contribution in [0.1, 0.15) is 48.5 Å². The fourth-order valence-electron chi connectivity index (χ4n) is 3.42. The maximum Gasteiger partial charge on any atom is 0.342 e. The second kappa shape index (κ2) is 10.8. The van der Waals surface area contributed by atoms with Gasteiger partial charge >= 0.3 is 5.97 Å². The van der Waals surface area contributed by atoms with Crippen LogP contribution in [0.15, 0.2) is 34.5 Å². The smallest absolute Gasteiger partial charge is 0.342 e. The van der Waals surface area contributed by atoms with Gasteiger partial charge in [-0.05, 0) is 49.4 Å². The third-order valence-electron chi connectivity index (χ3n) is 5.27. The van der Waals surface area contributed by atoms with Crippen molar-refractivity contribution in [1.29, 1.82) is 5.26 Å². The molecule has 3 rings (SSSR count). The molecule has 9 nitrogen and oxygen atoms in total. The number of anilines is 1. The topological polar surface area (TPSA) is 126 Å². The Morgan fingerprint density at radius 1 is 1.18 bits per heavy atom. The zero-order valence-electron chi connectivity index (χ0n) is 18.4. The second-order valence-electron chi connectivity index (χ2n) is 7.49. The van der Waals surface area contributed by atoms with E-state index in [4.69, 9.17) is 14.7 Å². The van der Waals surface area contributed by atoms with Crippen LogP contribution in [0.25, 0.3) is 0 Å². The molecule has 33 heavy (non-hydrogen) atoms. The number of amides is 1. The number of sulfonamides is 1. The van der Waals surface area contributed by atoms with Crippen molar-refractivity contribution in [2.75, 3.05) is 25.5 Å². The molecule has 1 amide bonds. The second-order valence-corrected chi connectivity index (χ2v) is 10.3. The summed E-state index contributed by atoms with van der Waals surface area (Å²) in [4.78, 5) is 25.2. The van der Waals surface area contributed by atoms with Crippen LogP contribution >= 0.6 is 11.3 Å². The molecule has 1 aliphatic heterocycles. The van der Waals surface area contributed by atoms with E-state index in [-0.39, 0.29) is 16.2 Å². The van der Waals surface area contributed by atoms with Crippen molar-refractivity contribution in [3.63, 3.8) is 0 Å². The summed E-state index contributed by atoms with van der Waals surface area (Å²) in [7, 11) is -2.44. The number of hydrogen-bond donors (Lipinski definition) is 1. The molecule has 1 unspecified atom stereocenters. The fraction of sp³-hybridized carbons (Fsp3) is 0.409. The van der Waals surface area contributed by atoms with Gasteiger partial charge in [0, 0.05) is 13.1 Å². The Balaban J connectivity index is 1.79. The summed E-state index contributed by atoms with van der Waals surface area (Å²) in [5.74, 6) is -1.38. The summed E-state index contributed by atoms with van der Waals surface area (Å²) in [6.07, 6.45) is 2.34. The molecule has 2 aromatic rings. The van der Waals surface area contributed by atoms with E-state index in [1.807, 2.05) is 6.07 Å². The third-order valence-corrected chi connectivity index (χ3v) is 7.99. The molecule has 1 N–H and O–H groups in total. The van der Waals surface area contributed by atoms with Crippen LogP contribution in [0.2, 0.25) is 0 Å². The van der Waals surface area contributed by atoms with E-state index >= 15 is 0 Å². The maximum absolute atomic E-state index is 13.1. The van der Waals surface area contributed by atoms with E-state index in [0.29, 0.717) is 23.7 Å².